The number of benzene rings is 2. The Bertz CT molecular complexity index is 789. The average Bonchev–Trinajstić information content (AvgIpc) is 2.73. The third-order valence-corrected chi connectivity index (χ3v) is 5.12. The van der Waals surface area contributed by atoms with Gasteiger partial charge in [0, 0.05) is 18.0 Å². The molecule has 0 saturated heterocycles. The van der Waals surface area contributed by atoms with Crippen molar-refractivity contribution >= 4 is 5.91 Å². The molecule has 144 valence electrons. The van der Waals surface area contributed by atoms with Crippen molar-refractivity contribution in [3.63, 3.8) is 0 Å². The summed E-state index contributed by atoms with van der Waals surface area (Å²) < 4.78 is 10.8. The molecule has 1 amide bonds. The molecule has 0 fully saturated rings. The zero-order valence-corrected chi connectivity index (χ0v) is 15.6. The van der Waals surface area contributed by atoms with Crippen molar-refractivity contribution in [3.05, 3.63) is 59.2 Å². The summed E-state index contributed by atoms with van der Waals surface area (Å²) >= 11 is 0. The number of ether oxygens (including phenoxy) is 2. The van der Waals surface area contributed by atoms with E-state index in [2.05, 4.69) is 0 Å². The molecule has 6 nitrogen and oxygen atoms in total. The highest BCUT2D eigenvalue weighted by Gasteiger charge is 2.37. The van der Waals surface area contributed by atoms with Crippen LogP contribution in [0.4, 0.5) is 0 Å². The first kappa shape index (κ1) is 19.2. The standard InChI is InChI=1S/C21H25NO5/c1-26-18-10-15-8-9-22(21(25)14-6-4-3-5-7-14)20(16(12-23)13-24)17(15)11-19(18)27-2/h3-7,10-11,16,20,23-24H,8-9,12-13H2,1-2H3. The number of amides is 1. The molecule has 0 spiro atoms. The second-order valence-electron chi connectivity index (χ2n) is 6.59. The van der Waals surface area contributed by atoms with Gasteiger partial charge in [-0.25, -0.2) is 0 Å². The normalized spacial score (nSPS) is 16.2. The highest BCUT2D eigenvalue weighted by Crippen LogP contribution is 2.41. The number of aliphatic hydroxyl groups excluding tert-OH is 2. The zero-order chi connectivity index (χ0) is 19.4. The minimum atomic E-state index is -0.491. The largest absolute Gasteiger partial charge is 0.493 e. The molecule has 27 heavy (non-hydrogen) atoms. The average molecular weight is 371 g/mol. The molecule has 0 aromatic heterocycles. The Morgan fingerprint density at radius 1 is 1.11 bits per heavy atom. The van der Waals surface area contributed by atoms with Gasteiger partial charge in [-0.2, -0.15) is 0 Å². The third kappa shape index (κ3) is 3.63. The molecule has 0 saturated carbocycles. The van der Waals surface area contributed by atoms with Gasteiger partial charge in [-0.05, 0) is 41.8 Å². The van der Waals surface area contributed by atoms with Crippen LogP contribution in [0.1, 0.15) is 27.5 Å². The van der Waals surface area contributed by atoms with Gasteiger partial charge >= 0.3 is 0 Å². The van der Waals surface area contributed by atoms with Crippen molar-refractivity contribution in [2.24, 2.45) is 5.92 Å². The highest BCUT2D eigenvalue weighted by atomic mass is 16.5. The van der Waals surface area contributed by atoms with Gasteiger partial charge in [0.2, 0.25) is 0 Å². The molecule has 0 bridgehead atoms. The Morgan fingerprint density at radius 2 is 1.74 bits per heavy atom. The smallest absolute Gasteiger partial charge is 0.254 e. The molecular weight excluding hydrogens is 346 g/mol. The number of carbonyl (C=O) groups excluding carboxylic acids is 1. The summed E-state index contributed by atoms with van der Waals surface area (Å²) in [5.74, 6) is 0.579. The Kier molecular flexibility index (Phi) is 5.98. The number of fused-ring (bicyclic) bond motifs is 1. The Morgan fingerprint density at radius 3 is 2.33 bits per heavy atom. The van der Waals surface area contributed by atoms with E-state index in [-0.39, 0.29) is 19.1 Å². The summed E-state index contributed by atoms with van der Waals surface area (Å²) in [6.45, 7) is 0.0401. The van der Waals surface area contributed by atoms with Crippen LogP contribution < -0.4 is 9.47 Å². The van der Waals surface area contributed by atoms with Gasteiger partial charge in [0.05, 0.1) is 33.5 Å². The predicted molar refractivity (Wildman–Crippen MR) is 101 cm³/mol. The number of carbonyl (C=O) groups is 1. The van der Waals surface area contributed by atoms with Crippen molar-refractivity contribution in [1.82, 2.24) is 4.90 Å². The van der Waals surface area contributed by atoms with Gasteiger partial charge < -0.3 is 24.6 Å². The predicted octanol–water partition coefficient (Wildman–Crippen LogP) is 2.04. The molecule has 6 heteroatoms. The van der Waals surface area contributed by atoms with Crippen LogP contribution >= 0.6 is 0 Å². The van der Waals surface area contributed by atoms with Crippen LogP contribution in [0, 0.1) is 5.92 Å². The number of nitrogens with zero attached hydrogens (tertiary/aromatic N) is 1. The third-order valence-electron chi connectivity index (χ3n) is 5.12. The second kappa shape index (κ2) is 8.41. The lowest BCUT2D eigenvalue weighted by molar-refractivity contribution is 0.0374. The molecule has 2 aromatic carbocycles. The van der Waals surface area contributed by atoms with Gasteiger partial charge in [0.1, 0.15) is 0 Å². The molecule has 1 aliphatic rings. The molecule has 0 aliphatic carbocycles. The van der Waals surface area contributed by atoms with Gasteiger partial charge in [0.25, 0.3) is 5.91 Å². The van der Waals surface area contributed by atoms with Crippen LogP contribution in [-0.2, 0) is 6.42 Å². The molecule has 1 atom stereocenters. The van der Waals surface area contributed by atoms with E-state index in [9.17, 15) is 15.0 Å². The number of rotatable bonds is 6. The van der Waals surface area contributed by atoms with Crippen molar-refractivity contribution in [3.8, 4) is 11.5 Å². The van der Waals surface area contributed by atoms with Crippen LogP contribution in [0.2, 0.25) is 0 Å². The van der Waals surface area contributed by atoms with Crippen molar-refractivity contribution in [2.45, 2.75) is 12.5 Å². The van der Waals surface area contributed by atoms with E-state index in [1.165, 1.54) is 0 Å². The van der Waals surface area contributed by atoms with Gasteiger partial charge in [-0.15, -0.1) is 0 Å². The minimum Gasteiger partial charge on any atom is -0.493 e. The molecule has 3 rings (SSSR count). The van der Waals surface area contributed by atoms with E-state index in [0.29, 0.717) is 30.0 Å². The number of aliphatic hydroxyl groups is 2. The molecule has 1 heterocycles. The van der Waals surface area contributed by atoms with Crippen molar-refractivity contribution < 1.29 is 24.5 Å². The Balaban J connectivity index is 2.08. The molecule has 1 unspecified atom stereocenters. The topological polar surface area (TPSA) is 79.2 Å². The fourth-order valence-electron chi connectivity index (χ4n) is 3.72. The molecule has 2 N–H and O–H groups in total. The maximum Gasteiger partial charge on any atom is 0.254 e. The number of methoxy groups -OCH3 is 2. The summed E-state index contributed by atoms with van der Waals surface area (Å²) in [5.41, 5.74) is 2.49. The lowest BCUT2D eigenvalue weighted by atomic mass is 9.84. The Hall–Kier alpha value is -2.57. The molecule has 0 radical (unpaired) electrons. The van der Waals surface area contributed by atoms with Crippen molar-refractivity contribution in [2.75, 3.05) is 34.0 Å². The first-order valence-corrected chi connectivity index (χ1v) is 8.97. The van der Waals surface area contributed by atoms with E-state index in [1.807, 2.05) is 30.3 Å². The van der Waals surface area contributed by atoms with Gasteiger partial charge in [0.15, 0.2) is 11.5 Å². The minimum absolute atomic E-state index is 0.118. The van der Waals surface area contributed by atoms with E-state index < -0.39 is 12.0 Å². The van der Waals surface area contributed by atoms with Crippen LogP contribution in [0.5, 0.6) is 11.5 Å². The van der Waals surface area contributed by atoms with Crippen LogP contribution in [0.25, 0.3) is 0 Å². The summed E-state index contributed by atoms with van der Waals surface area (Å²) in [5, 5.41) is 19.7. The second-order valence-corrected chi connectivity index (χ2v) is 6.59. The van der Waals surface area contributed by atoms with Gasteiger partial charge in [-0.3, -0.25) is 4.79 Å². The van der Waals surface area contributed by atoms with Gasteiger partial charge in [-0.1, -0.05) is 18.2 Å². The number of hydrogen-bond acceptors (Lipinski definition) is 5. The van der Waals surface area contributed by atoms with Crippen LogP contribution in [0.15, 0.2) is 42.5 Å². The first-order chi connectivity index (χ1) is 13.1. The van der Waals surface area contributed by atoms with E-state index in [0.717, 1.165) is 11.1 Å². The monoisotopic (exact) mass is 371 g/mol. The molecule has 1 aliphatic heterocycles. The maximum atomic E-state index is 13.1. The van der Waals surface area contributed by atoms with E-state index in [4.69, 9.17) is 9.47 Å². The lowest BCUT2D eigenvalue weighted by Crippen LogP contribution is -2.45. The quantitative estimate of drug-likeness (QED) is 0.812. The maximum absolute atomic E-state index is 13.1. The highest BCUT2D eigenvalue weighted by molar-refractivity contribution is 5.94. The van der Waals surface area contributed by atoms with Crippen LogP contribution in [0.3, 0.4) is 0 Å². The summed E-state index contributed by atoms with van der Waals surface area (Å²) in [6.07, 6.45) is 0.661. The van der Waals surface area contributed by atoms with Crippen LogP contribution in [-0.4, -0.2) is 55.0 Å². The molecular formula is C21H25NO5. The summed E-state index contributed by atoms with van der Waals surface area (Å²) in [6, 6.07) is 12.4. The van der Waals surface area contributed by atoms with E-state index in [1.54, 1.807) is 31.3 Å². The summed E-state index contributed by atoms with van der Waals surface area (Å²) in [7, 11) is 3.14. The SMILES string of the molecule is COc1cc2c(cc1OC)C(C(CO)CO)N(C(=O)c1ccccc1)CC2. The van der Waals surface area contributed by atoms with Crippen molar-refractivity contribution in [1.29, 1.82) is 0 Å². The Labute approximate surface area is 159 Å². The fraction of sp³-hybridized carbons (Fsp3) is 0.381. The van der Waals surface area contributed by atoms with E-state index >= 15 is 0 Å². The lowest BCUT2D eigenvalue weighted by Gasteiger charge is -2.41. The zero-order valence-electron chi connectivity index (χ0n) is 15.6. The molecule has 2 aromatic rings. The number of hydrogen-bond donors (Lipinski definition) is 2. The fourth-order valence-corrected chi connectivity index (χ4v) is 3.72. The summed E-state index contributed by atoms with van der Waals surface area (Å²) in [4.78, 5) is 14.9. The first-order valence-electron chi connectivity index (χ1n) is 8.97.